The number of amides is 1. The van der Waals surface area contributed by atoms with Gasteiger partial charge in [-0.2, -0.15) is 9.97 Å². The van der Waals surface area contributed by atoms with Crippen LogP contribution >= 0.6 is 0 Å². The molecule has 9 heteroatoms. The van der Waals surface area contributed by atoms with Gasteiger partial charge in [-0.25, -0.2) is 9.97 Å². The molecule has 3 aromatic rings. The van der Waals surface area contributed by atoms with Gasteiger partial charge in [0.1, 0.15) is 17.3 Å². The van der Waals surface area contributed by atoms with E-state index in [9.17, 15) is 4.79 Å². The van der Waals surface area contributed by atoms with E-state index >= 15 is 0 Å². The molecule has 0 spiro atoms. The van der Waals surface area contributed by atoms with Gasteiger partial charge >= 0.3 is 0 Å². The number of piperazine rings is 1. The number of nitrogens with one attached hydrogen (secondary N) is 2. The topological polar surface area (TPSA) is 109 Å². The highest BCUT2D eigenvalue weighted by molar-refractivity contribution is 6.04. The first-order valence-corrected chi connectivity index (χ1v) is 10.3. The monoisotopic (exact) mass is 418 g/mol. The van der Waals surface area contributed by atoms with Gasteiger partial charge in [0.05, 0.1) is 11.3 Å². The number of aryl methyl sites for hydroxylation is 2. The largest absolute Gasteiger partial charge is 0.354 e. The molecule has 0 aromatic carbocycles. The van der Waals surface area contributed by atoms with Gasteiger partial charge in [0, 0.05) is 31.4 Å². The molecule has 1 fully saturated rings. The van der Waals surface area contributed by atoms with Crippen molar-refractivity contribution in [1.82, 2.24) is 30.2 Å². The highest BCUT2D eigenvalue weighted by Crippen LogP contribution is 2.19. The van der Waals surface area contributed by atoms with Crippen molar-refractivity contribution >= 4 is 17.7 Å². The van der Waals surface area contributed by atoms with E-state index in [0.29, 0.717) is 40.7 Å². The molecule has 1 aliphatic rings. The minimum atomic E-state index is -0.309. The van der Waals surface area contributed by atoms with Crippen molar-refractivity contribution in [1.29, 1.82) is 0 Å². The maximum atomic E-state index is 12.9. The van der Waals surface area contributed by atoms with Gasteiger partial charge in [0.2, 0.25) is 5.95 Å². The first-order valence-electron chi connectivity index (χ1n) is 10.3. The summed E-state index contributed by atoms with van der Waals surface area (Å²) in [6.45, 7) is 9.66. The Morgan fingerprint density at radius 2 is 1.81 bits per heavy atom. The van der Waals surface area contributed by atoms with Crippen LogP contribution in [0.2, 0.25) is 0 Å². The van der Waals surface area contributed by atoms with E-state index in [2.05, 4.69) is 54.3 Å². The normalized spacial score (nSPS) is 18.6. The number of hydrogen-bond donors (Lipinski definition) is 2. The van der Waals surface area contributed by atoms with Gasteiger partial charge in [-0.05, 0) is 52.0 Å². The fourth-order valence-corrected chi connectivity index (χ4v) is 3.79. The van der Waals surface area contributed by atoms with E-state index in [4.69, 9.17) is 0 Å². The summed E-state index contributed by atoms with van der Waals surface area (Å²) in [5.74, 6) is 1.67. The molecule has 1 aliphatic heterocycles. The molecule has 2 N–H and O–H groups in total. The molecule has 160 valence electrons. The number of carbonyl (C=O) groups excluding carboxylic acids is 1. The third-order valence-corrected chi connectivity index (χ3v) is 5.06. The van der Waals surface area contributed by atoms with Crippen molar-refractivity contribution in [2.45, 2.75) is 39.8 Å². The van der Waals surface area contributed by atoms with Gasteiger partial charge in [0.15, 0.2) is 5.82 Å². The molecule has 1 amide bonds. The van der Waals surface area contributed by atoms with Crippen molar-refractivity contribution in [3.8, 4) is 11.5 Å². The zero-order valence-electron chi connectivity index (χ0n) is 18.1. The van der Waals surface area contributed by atoms with Crippen LogP contribution in [0.5, 0.6) is 0 Å². The van der Waals surface area contributed by atoms with Crippen LogP contribution in [0.1, 0.15) is 35.7 Å². The summed E-state index contributed by atoms with van der Waals surface area (Å²) in [7, 11) is 0. The van der Waals surface area contributed by atoms with Crippen LogP contribution in [0, 0.1) is 13.8 Å². The Kier molecular flexibility index (Phi) is 5.85. The zero-order chi connectivity index (χ0) is 22.0. The molecule has 31 heavy (non-hydrogen) atoms. The number of nitrogens with zero attached hydrogens (tertiary/aromatic N) is 6. The van der Waals surface area contributed by atoms with Gasteiger partial charge in [-0.3, -0.25) is 15.1 Å². The molecule has 0 radical (unpaired) electrons. The van der Waals surface area contributed by atoms with E-state index in [0.717, 1.165) is 18.9 Å². The lowest BCUT2D eigenvalue weighted by atomic mass is 10.1. The summed E-state index contributed by atoms with van der Waals surface area (Å²) in [6, 6.07) is 9.95. The quantitative estimate of drug-likeness (QED) is 0.665. The second-order valence-corrected chi connectivity index (χ2v) is 7.88. The zero-order valence-corrected chi connectivity index (χ0v) is 18.1. The van der Waals surface area contributed by atoms with Gasteiger partial charge in [-0.15, -0.1) is 0 Å². The molecule has 1 saturated heterocycles. The average molecular weight is 419 g/mol. The third kappa shape index (κ3) is 4.83. The smallest absolute Gasteiger partial charge is 0.259 e. The van der Waals surface area contributed by atoms with Crippen LogP contribution in [-0.4, -0.2) is 56.0 Å². The Morgan fingerprint density at radius 1 is 1.03 bits per heavy atom. The lowest BCUT2D eigenvalue weighted by molar-refractivity contribution is 0.102. The Hall–Kier alpha value is -3.46. The Balaban J connectivity index is 1.53. The minimum Gasteiger partial charge on any atom is -0.354 e. The molecular weight excluding hydrogens is 392 g/mol. The van der Waals surface area contributed by atoms with Crippen LogP contribution in [-0.2, 0) is 0 Å². The summed E-state index contributed by atoms with van der Waals surface area (Å²) in [5.41, 5.74) is 1.76. The second-order valence-electron chi connectivity index (χ2n) is 7.88. The summed E-state index contributed by atoms with van der Waals surface area (Å²) in [6.07, 6.45) is 1.67. The molecule has 2 unspecified atom stereocenters. The number of carbonyl (C=O) groups is 1. The Labute approximate surface area is 181 Å². The molecule has 4 rings (SSSR count). The van der Waals surface area contributed by atoms with E-state index < -0.39 is 0 Å². The fraction of sp³-hybridized carbons (Fsp3) is 0.364. The number of aromatic nitrogens is 5. The lowest BCUT2D eigenvalue weighted by Gasteiger charge is -2.37. The molecular formula is C22H26N8O. The maximum Gasteiger partial charge on any atom is 0.259 e. The van der Waals surface area contributed by atoms with Gasteiger partial charge < -0.3 is 10.2 Å². The van der Waals surface area contributed by atoms with Crippen molar-refractivity contribution in [2.75, 3.05) is 23.3 Å². The predicted octanol–water partition coefficient (Wildman–Crippen LogP) is 2.38. The summed E-state index contributed by atoms with van der Waals surface area (Å²) in [4.78, 5) is 37.0. The number of rotatable bonds is 4. The predicted molar refractivity (Wildman–Crippen MR) is 119 cm³/mol. The van der Waals surface area contributed by atoms with Crippen LogP contribution in [0.3, 0.4) is 0 Å². The molecule has 0 bridgehead atoms. The molecule has 0 saturated carbocycles. The van der Waals surface area contributed by atoms with E-state index in [1.54, 1.807) is 19.2 Å². The standard InChI is InChI=1S/C22H26N8O/c1-13-11-30(12-14(2)24-13)19-9-8-17(15(3)25-19)21(31)29-22-27-16(4)26-20(28-22)18-7-5-6-10-23-18/h5-10,13-14,24H,11-12H2,1-4H3,(H,26,27,28,29,31). The SMILES string of the molecule is Cc1nc(NC(=O)c2ccc(N3CC(C)NC(C)C3)nc2C)nc(-c2ccccn2)n1. The summed E-state index contributed by atoms with van der Waals surface area (Å²) >= 11 is 0. The molecule has 4 heterocycles. The third-order valence-electron chi connectivity index (χ3n) is 5.06. The molecule has 3 aromatic heterocycles. The van der Waals surface area contributed by atoms with Crippen LogP contribution in [0.25, 0.3) is 11.5 Å². The van der Waals surface area contributed by atoms with E-state index in [-0.39, 0.29) is 11.9 Å². The van der Waals surface area contributed by atoms with Gasteiger partial charge in [-0.1, -0.05) is 6.07 Å². The first kappa shape index (κ1) is 20.8. The number of anilines is 2. The van der Waals surface area contributed by atoms with Crippen molar-refractivity contribution in [2.24, 2.45) is 0 Å². The highest BCUT2D eigenvalue weighted by Gasteiger charge is 2.23. The lowest BCUT2D eigenvalue weighted by Crippen LogP contribution is -2.54. The van der Waals surface area contributed by atoms with E-state index in [1.165, 1.54) is 0 Å². The molecule has 0 aliphatic carbocycles. The fourth-order valence-electron chi connectivity index (χ4n) is 3.79. The van der Waals surface area contributed by atoms with Gasteiger partial charge in [0.25, 0.3) is 5.91 Å². The number of pyridine rings is 2. The Morgan fingerprint density at radius 3 is 2.48 bits per heavy atom. The van der Waals surface area contributed by atoms with Crippen LogP contribution in [0.15, 0.2) is 36.5 Å². The summed E-state index contributed by atoms with van der Waals surface area (Å²) < 4.78 is 0. The first-order chi connectivity index (χ1) is 14.9. The second kappa shape index (κ2) is 8.73. The van der Waals surface area contributed by atoms with E-state index in [1.807, 2.05) is 31.2 Å². The highest BCUT2D eigenvalue weighted by atomic mass is 16.1. The van der Waals surface area contributed by atoms with Crippen molar-refractivity contribution in [3.63, 3.8) is 0 Å². The Bertz CT molecular complexity index is 1080. The van der Waals surface area contributed by atoms with Crippen molar-refractivity contribution in [3.05, 3.63) is 53.6 Å². The van der Waals surface area contributed by atoms with Crippen LogP contribution in [0.4, 0.5) is 11.8 Å². The van der Waals surface area contributed by atoms with Crippen molar-refractivity contribution < 1.29 is 4.79 Å². The van der Waals surface area contributed by atoms with Crippen LogP contribution < -0.4 is 15.5 Å². The minimum absolute atomic E-state index is 0.186. The molecule has 2 atom stereocenters. The summed E-state index contributed by atoms with van der Waals surface area (Å²) in [5, 5.41) is 6.28. The average Bonchev–Trinajstić information content (AvgIpc) is 2.73. The number of hydrogen-bond acceptors (Lipinski definition) is 8. The maximum absolute atomic E-state index is 12.9. The molecule has 9 nitrogen and oxygen atoms in total.